The van der Waals surface area contributed by atoms with Crippen molar-refractivity contribution in [1.82, 2.24) is 0 Å². The summed E-state index contributed by atoms with van der Waals surface area (Å²) in [6.45, 7) is 30.2. The summed E-state index contributed by atoms with van der Waals surface area (Å²) in [4.78, 5) is 22.3. The summed E-state index contributed by atoms with van der Waals surface area (Å²) in [7, 11) is -7.54. The van der Waals surface area contributed by atoms with Crippen LogP contribution in [0.4, 0.5) is 0 Å². The van der Waals surface area contributed by atoms with Gasteiger partial charge in [-0.1, -0.05) is 42.0 Å². The Labute approximate surface area is 578 Å². The van der Waals surface area contributed by atoms with Crippen LogP contribution < -0.4 is 51.4 Å². The fraction of sp³-hybridized carbons (Fsp3) is 0.733. The second-order valence-electron chi connectivity index (χ2n) is 20.2. The summed E-state index contributed by atoms with van der Waals surface area (Å²) in [5.74, 6) is -0.646. The van der Waals surface area contributed by atoms with Crippen molar-refractivity contribution in [3.05, 3.63) is 72.3 Å². The number of hydrogen-bond donors (Lipinski definition) is 1. The Balaban J connectivity index is -0.00000147. The van der Waals surface area contributed by atoms with E-state index in [0.29, 0.717) is 185 Å². The van der Waals surface area contributed by atoms with Crippen molar-refractivity contribution in [2.75, 3.05) is 218 Å². The number of benzene rings is 2. The molecule has 0 fully saturated rings. The standard InChI is InChI=1S/C30H52O13S.C23H40O11S.C7H12O2.K.H2O/c1-27-5-7-28(8-6-27)44(32,33)42-26-25-41-24-23-40-22-21-39-20-19-38-18-17-37-16-15-36-14-13-35-12-11-34-10-9-29(31)43-30(2,3)4;1-22-2-4-23(5-3-22)35(25,26)34-21-20-33-19-18-32-17-16-31-15-14-30-13-12-29-11-10-28-9-8-27-7-6-24;1-5-6(8)9-7(2,3)4;;/h5-8H,9-26H2,1-4H3;2-5,24H,6-21H2,1H3;5H,1H2,2-4H3;;1H2/q;;;+1;/p-1. The van der Waals surface area contributed by atoms with E-state index in [9.17, 15) is 26.4 Å². The number of carbonyl (C=O) groups is 2. The van der Waals surface area contributed by atoms with Crippen molar-refractivity contribution >= 4 is 32.2 Å². The number of ether oxygens (including phenoxy) is 17. The molecule has 2 rings (SSSR count). The first-order valence-electron chi connectivity index (χ1n) is 29.4. The Morgan fingerprint density at radius 2 is 0.589 bits per heavy atom. The Morgan fingerprint density at radius 3 is 0.789 bits per heavy atom. The molecule has 0 bridgehead atoms. The Hall–Kier alpha value is -2.10. The van der Waals surface area contributed by atoms with Gasteiger partial charge >= 0.3 is 63.3 Å². The van der Waals surface area contributed by atoms with Gasteiger partial charge in [-0.15, -0.1) is 0 Å². The van der Waals surface area contributed by atoms with Crippen molar-refractivity contribution in [3.63, 3.8) is 0 Å². The van der Waals surface area contributed by atoms with Gasteiger partial charge in [0, 0.05) is 6.08 Å². The van der Waals surface area contributed by atoms with Gasteiger partial charge in [-0.3, -0.25) is 13.2 Å². The maximum atomic E-state index is 12.1. The smallest absolute Gasteiger partial charge is 0.870 e. The number of hydrogen-bond acceptors (Lipinski definition) is 27. The van der Waals surface area contributed by atoms with Gasteiger partial charge in [0.15, 0.2) is 0 Å². The maximum Gasteiger partial charge on any atom is 1.00 e. The molecule has 2 N–H and O–H groups in total. The van der Waals surface area contributed by atoms with Crippen LogP contribution in [0, 0.1) is 13.8 Å². The molecular weight excluding hydrogens is 1260 g/mol. The van der Waals surface area contributed by atoms with Crippen LogP contribution in [0.2, 0.25) is 0 Å². The molecular formula is C60H105KO27S2. The molecule has 30 heteroatoms. The van der Waals surface area contributed by atoms with Gasteiger partial charge in [-0.2, -0.15) is 16.8 Å². The molecule has 0 aliphatic heterocycles. The molecule has 27 nitrogen and oxygen atoms in total. The first kappa shape index (κ1) is 92.1. The van der Waals surface area contributed by atoms with Crippen LogP contribution in [0.5, 0.6) is 0 Å². The summed E-state index contributed by atoms with van der Waals surface area (Å²) >= 11 is 0. The molecule has 0 atom stereocenters. The monoisotopic (exact) mass is 1360 g/mol. The minimum Gasteiger partial charge on any atom is -0.870 e. The predicted octanol–water partition coefficient (Wildman–Crippen LogP) is 1.72. The number of aliphatic hydroxyl groups is 1. The molecule has 0 aliphatic rings. The van der Waals surface area contributed by atoms with Crippen molar-refractivity contribution in [3.8, 4) is 0 Å². The van der Waals surface area contributed by atoms with E-state index in [1.807, 2.05) is 55.4 Å². The number of esters is 2. The molecule has 0 spiro atoms. The molecule has 0 saturated carbocycles. The second-order valence-corrected chi connectivity index (χ2v) is 23.4. The number of rotatable bonds is 55. The van der Waals surface area contributed by atoms with Gasteiger partial charge in [0.1, 0.15) is 11.2 Å². The van der Waals surface area contributed by atoms with E-state index in [4.69, 9.17) is 94.0 Å². The predicted molar refractivity (Wildman–Crippen MR) is 326 cm³/mol. The van der Waals surface area contributed by atoms with Gasteiger partial charge < -0.3 is 91.1 Å². The van der Waals surface area contributed by atoms with Crippen LogP contribution >= 0.6 is 0 Å². The van der Waals surface area contributed by atoms with Crippen LogP contribution in [-0.4, -0.2) is 269 Å². The molecule has 520 valence electrons. The molecule has 0 radical (unpaired) electrons. The second kappa shape index (κ2) is 61.7. The Kier molecular flexibility index (Phi) is 63.2. The van der Waals surface area contributed by atoms with Crippen molar-refractivity contribution in [2.24, 2.45) is 0 Å². The minimum atomic E-state index is -3.78. The van der Waals surface area contributed by atoms with Gasteiger partial charge in [0.2, 0.25) is 0 Å². The largest absolute Gasteiger partial charge is 1.00 e. The maximum absolute atomic E-state index is 12.1. The summed E-state index contributed by atoms with van der Waals surface area (Å²) < 4.78 is 149. The third kappa shape index (κ3) is 63.3. The molecule has 0 amide bonds. The summed E-state index contributed by atoms with van der Waals surface area (Å²) in [6.07, 6.45) is 1.38. The van der Waals surface area contributed by atoms with E-state index >= 15 is 0 Å². The molecule has 0 saturated heterocycles. The van der Waals surface area contributed by atoms with Crippen LogP contribution in [0.1, 0.15) is 59.1 Å². The average Bonchev–Trinajstić information content (AvgIpc) is 2.84. The number of carbonyl (C=O) groups excluding carboxylic acids is 2. The molecule has 0 unspecified atom stereocenters. The minimum absolute atomic E-state index is 0. The van der Waals surface area contributed by atoms with Gasteiger partial charge in [-0.25, -0.2) is 4.79 Å². The van der Waals surface area contributed by atoms with Crippen LogP contribution in [-0.2, 0) is 119 Å². The van der Waals surface area contributed by atoms with Gasteiger partial charge in [-0.05, 0) is 79.7 Å². The van der Waals surface area contributed by atoms with Crippen LogP contribution in [0.3, 0.4) is 0 Å². The summed E-state index contributed by atoms with van der Waals surface area (Å²) in [5.41, 5.74) is 1.07. The quantitative estimate of drug-likeness (QED) is 0.0324. The van der Waals surface area contributed by atoms with Crippen LogP contribution in [0.15, 0.2) is 71.0 Å². The first-order valence-corrected chi connectivity index (χ1v) is 32.2. The average molecular weight is 1360 g/mol. The molecule has 90 heavy (non-hydrogen) atoms. The van der Waals surface area contributed by atoms with Crippen molar-refractivity contribution in [2.45, 2.75) is 82.8 Å². The molecule has 2 aromatic carbocycles. The van der Waals surface area contributed by atoms with E-state index in [0.717, 1.165) is 17.2 Å². The zero-order valence-corrected chi connectivity index (χ0v) is 59.6. The van der Waals surface area contributed by atoms with E-state index < -0.39 is 31.4 Å². The third-order valence-corrected chi connectivity index (χ3v) is 12.7. The zero-order chi connectivity index (χ0) is 65.3. The van der Waals surface area contributed by atoms with E-state index in [-0.39, 0.29) is 118 Å². The number of aliphatic hydroxyl groups excluding tert-OH is 1. The topological polar surface area (TPSA) is 328 Å². The fourth-order valence-electron chi connectivity index (χ4n) is 5.97. The normalized spacial score (nSPS) is 11.6. The zero-order valence-electron chi connectivity index (χ0n) is 54.9. The van der Waals surface area contributed by atoms with Gasteiger partial charge in [0.25, 0.3) is 20.2 Å². The Bertz CT molecular complexity index is 2180. The fourth-order valence-corrected chi connectivity index (χ4v) is 7.76. The summed E-state index contributed by atoms with van der Waals surface area (Å²) in [6, 6.07) is 12.9. The van der Waals surface area contributed by atoms with Crippen molar-refractivity contribution in [1.29, 1.82) is 0 Å². The molecule has 0 aromatic heterocycles. The van der Waals surface area contributed by atoms with E-state index in [1.165, 1.54) is 24.3 Å². The van der Waals surface area contributed by atoms with E-state index in [1.54, 1.807) is 24.3 Å². The van der Waals surface area contributed by atoms with E-state index in [2.05, 4.69) is 6.58 Å². The van der Waals surface area contributed by atoms with Gasteiger partial charge in [0.05, 0.1) is 234 Å². The molecule has 0 heterocycles. The third-order valence-electron chi connectivity index (χ3n) is 10.1. The number of aryl methyl sites for hydroxylation is 2. The summed E-state index contributed by atoms with van der Waals surface area (Å²) in [5, 5.41) is 8.55. The Morgan fingerprint density at radius 1 is 0.378 bits per heavy atom. The van der Waals surface area contributed by atoms with Crippen LogP contribution in [0.25, 0.3) is 0 Å². The first-order chi connectivity index (χ1) is 42.1. The molecule has 2 aromatic rings. The SMILES string of the molecule is C=CC(=O)OC(C)(C)C.Cc1ccc(S(=O)(=O)OCCOCCOCCOCCOCCOCCOCCOCCO)cc1.Cc1ccc(S(=O)(=O)OCCOCCOCCOCCOCCOCCOCCOCCOCCC(=O)OC(C)(C)C)cc1.[K+].[OH-]. The van der Waals surface area contributed by atoms with Crippen molar-refractivity contribution < 1.29 is 177 Å². The molecule has 0 aliphatic carbocycles.